The van der Waals surface area contributed by atoms with Crippen LogP contribution in [0, 0.1) is 6.92 Å². The van der Waals surface area contributed by atoms with Crippen LogP contribution >= 0.6 is 7.60 Å². The normalized spacial score (nSPS) is 23.1. The zero-order valence-electron chi connectivity index (χ0n) is 11.1. The first-order valence-electron chi connectivity index (χ1n) is 5.98. The van der Waals surface area contributed by atoms with Gasteiger partial charge in [-0.3, -0.25) is 9.13 Å². The summed E-state index contributed by atoms with van der Waals surface area (Å²) in [6, 6.07) is -0.385. The molecule has 110 valence electrons. The third-order valence-corrected chi connectivity index (χ3v) is 4.06. The number of rotatable bonds is 2. The van der Waals surface area contributed by atoms with Crippen LogP contribution in [-0.2, 0) is 9.30 Å². The Bertz CT molecular complexity index is 663. The highest BCUT2D eigenvalue weighted by Crippen LogP contribution is 2.49. The van der Waals surface area contributed by atoms with Crippen LogP contribution in [0.3, 0.4) is 0 Å². The van der Waals surface area contributed by atoms with Gasteiger partial charge in [-0.1, -0.05) is 0 Å². The Kier molecular flexibility index (Phi) is 3.73. The molecule has 0 bridgehead atoms. The van der Waals surface area contributed by atoms with Crippen LogP contribution in [0.25, 0.3) is 0 Å². The van der Waals surface area contributed by atoms with Crippen LogP contribution in [0.2, 0.25) is 0 Å². The van der Waals surface area contributed by atoms with Gasteiger partial charge in [0.2, 0.25) is 5.50 Å². The van der Waals surface area contributed by atoms with Gasteiger partial charge in [0, 0.05) is 11.8 Å². The van der Waals surface area contributed by atoms with Crippen LogP contribution < -0.4 is 11.4 Å². The first-order chi connectivity index (χ1) is 9.20. The molecule has 0 aliphatic carbocycles. The molecular formula is C11H16N3O5P. The third-order valence-electron chi connectivity index (χ3n) is 3.20. The molecule has 0 aromatic carbocycles. The molecule has 1 aliphatic heterocycles. The largest absolute Gasteiger partial charge is 0.481 e. The van der Waals surface area contributed by atoms with E-state index in [1.54, 1.807) is 20.0 Å². The molecule has 2 rings (SSSR count). The van der Waals surface area contributed by atoms with Crippen molar-refractivity contribution in [3.05, 3.63) is 33.8 Å². The molecule has 2 heterocycles. The first-order valence-corrected chi connectivity index (χ1v) is 7.59. The molecule has 0 saturated heterocycles. The smallest absolute Gasteiger partial charge is 0.390 e. The van der Waals surface area contributed by atoms with Crippen molar-refractivity contribution in [2.75, 3.05) is 5.73 Å². The molecule has 1 aromatic heterocycles. The number of aromatic nitrogens is 2. The molecule has 1 aromatic rings. The molecule has 9 heteroatoms. The minimum Gasteiger partial charge on any atom is -0.481 e. The van der Waals surface area contributed by atoms with Crippen LogP contribution in [0.5, 0.6) is 0 Å². The fraction of sp³-hybridized carbons (Fsp3) is 0.455. The van der Waals surface area contributed by atoms with E-state index in [1.165, 1.54) is 10.6 Å². The quantitative estimate of drug-likeness (QED) is 0.679. The molecule has 0 radical (unpaired) electrons. The van der Waals surface area contributed by atoms with Crippen LogP contribution in [-0.4, -0.2) is 25.4 Å². The summed E-state index contributed by atoms with van der Waals surface area (Å²) in [7, 11) is -4.41. The van der Waals surface area contributed by atoms with Gasteiger partial charge < -0.3 is 20.3 Å². The maximum absolute atomic E-state index is 11.9. The van der Waals surface area contributed by atoms with Crippen molar-refractivity contribution in [3.8, 4) is 0 Å². The van der Waals surface area contributed by atoms with Crippen molar-refractivity contribution in [2.24, 2.45) is 0 Å². The summed E-state index contributed by atoms with van der Waals surface area (Å²) in [6.45, 7) is 3.37. The number of nitrogen functional groups attached to an aromatic ring is 1. The molecule has 0 spiro atoms. The van der Waals surface area contributed by atoms with E-state index in [2.05, 4.69) is 4.98 Å². The van der Waals surface area contributed by atoms with Crippen LogP contribution in [0.1, 0.15) is 24.9 Å². The Hall–Kier alpha value is -1.63. The van der Waals surface area contributed by atoms with Gasteiger partial charge >= 0.3 is 13.3 Å². The Labute approximate surface area is 115 Å². The monoisotopic (exact) mass is 301 g/mol. The van der Waals surface area contributed by atoms with E-state index in [4.69, 9.17) is 20.3 Å². The topological polar surface area (TPSA) is 128 Å². The molecule has 8 nitrogen and oxygen atoms in total. The van der Waals surface area contributed by atoms with Gasteiger partial charge in [0.05, 0.1) is 6.04 Å². The number of anilines is 1. The third kappa shape index (κ3) is 2.77. The van der Waals surface area contributed by atoms with Gasteiger partial charge in [-0.25, -0.2) is 4.79 Å². The highest BCUT2D eigenvalue weighted by molar-refractivity contribution is 7.56. The van der Waals surface area contributed by atoms with E-state index in [9.17, 15) is 9.36 Å². The summed E-state index contributed by atoms with van der Waals surface area (Å²) in [5.41, 5.74) is 5.35. The highest BCUT2D eigenvalue weighted by Gasteiger charge is 2.33. The van der Waals surface area contributed by atoms with Crippen molar-refractivity contribution < 1.29 is 19.1 Å². The maximum Gasteiger partial charge on any atom is 0.390 e. The molecule has 2 atom stereocenters. The lowest BCUT2D eigenvalue weighted by atomic mass is 10.1. The Morgan fingerprint density at radius 2 is 2.20 bits per heavy atom. The number of nitrogens with two attached hydrogens (primary N) is 1. The average Bonchev–Trinajstić information content (AvgIpc) is 2.33. The number of aryl methyl sites for hydroxylation is 1. The van der Waals surface area contributed by atoms with E-state index >= 15 is 0 Å². The number of hydrogen-bond donors (Lipinski definition) is 3. The number of allylic oxidation sites excluding steroid dienone is 1. The lowest BCUT2D eigenvalue weighted by molar-refractivity contribution is 0.0738. The van der Waals surface area contributed by atoms with E-state index in [1.807, 2.05) is 0 Å². The second-order valence-corrected chi connectivity index (χ2v) is 6.24. The van der Waals surface area contributed by atoms with Crippen LogP contribution in [0.4, 0.5) is 5.82 Å². The van der Waals surface area contributed by atoms with Gasteiger partial charge in [-0.2, -0.15) is 4.98 Å². The average molecular weight is 301 g/mol. The fourth-order valence-corrected chi connectivity index (χ4v) is 2.72. The zero-order valence-corrected chi connectivity index (χ0v) is 11.9. The molecule has 0 fully saturated rings. The van der Waals surface area contributed by atoms with Crippen molar-refractivity contribution >= 4 is 13.4 Å². The van der Waals surface area contributed by atoms with E-state index in [-0.39, 0.29) is 23.8 Å². The molecule has 4 N–H and O–H groups in total. The van der Waals surface area contributed by atoms with Crippen LogP contribution in [0.15, 0.2) is 22.6 Å². The number of hydrogen-bond acceptors (Lipinski definition) is 5. The summed E-state index contributed by atoms with van der Waals surface area (Å²) in [5, 5.41) is 0. The SMILES string of the molecule is Cc1cn([C@H]2CC=C(P(=O)(O)O)O[C@H]2C)c(=O)nc1N. The molecule has 0 saturated carbocycles. The summed E-state index contributed by atoms with van der Waals surface area (Å²) >= 11 is 0. The van der Waals surface area contributed by atoms with Gasteiger partial charge in [0.25, 0.3) is 0 Å². The van der Waals surface area contributed by atoms with E-state index < -0.39 is 19.4 Å². The molecule has 0 amide bonds. The number of nitrogens with zero attached hydrogens (tertiary/aromatic N) is 2. The Balaban J connectivity index is 2.37. The summed E-state index contributed by atoms with van der Waals surface area (Å²) in [6.07, 6.45) is 2.59. The lowest BCUT2D eigenvalue weighted by Gasteiger charge is -2.31. The van der Waals surface area contributed by atoms with Crippen molar-refractivity contribution in [2.45, 2.75) is 32.4 Å². The van der Waals surface area contributed by atoms with Gasteiger partial charge in [0.1, 0.15) is 11.9 Å². The minimum atomic E-state index is -4.41. The second kappa shape index (κ2) is 5.05. The Morgan fingerprint density at radius 3 is 2.75 bits per heavy atom. The lowest BCUT2D eigenvalue weighted by Crippen LogP contribution is -2.35. The minimum absolute atomic E-state index is 0.169. The summed E-state index contributed by atoms with van der Waals surface area (Å²) in [5.74, 6) is 0.169. The molecular weight excluding hydrogens is 285 g/mol. The predicted molar refractivity (Wildman–Crippen MR) is 72.0 cm³/mol. The Morgan fingerprint density at radius 1 is 1.55 bits per heavy atom. The second-order valence-electron chi connectivity index (χ2n) is 4.71. The number of ether oxygens (including phenoxy) is 1. The van der Waals surface area contributed by atoms with Crippen molar-refractivity contribution in [1.82, 2.24) is 9.55 Å². The van der Waals surface area contributed by atoms with Gasteiger partial charge in [-0.05, 0) is 26.3 Å². The van der Waals surface area contributed by atoms with Gasteiger partial charge in [0.15, 0.2) is 0 Å². The van der Waals surface area contributed by atoms with Crippen molar-refractivity contribution in [1.29, 1.82) is 0 Å². The van der Waals surface area contributed by atoms with E-state index in [0.717, 1.165) is 0 Å². The standard InChI is InChI=1S/C11H16N3O5P/c1-6-5-14(11(15)13-10(6)12)8-3-4-9(19-7(8)2)20(16,17)18/h4-5,7-8H,3H2,1-2H3,(H2,12,13,15)(H2,16,17,18)/t7-,8-/m0/s1. The maximum atomic E-state index is 11.9. The van der Waals surface area contributed by atoms with Crippen molar-refractivity contribution in [3.63, 3.8) is 0 Å². The summed E-state index contributed by atoms with van der Waals surface area (Å²) in [4.78, 5) is 33.7. The molecule has 0 unspecified atom stereocenters. The van der Waals surface area contributed by atoms with Gasteiger partial charge in [-0.15, -0.1) is 0 Å². The van der Waals surface area contributed by atoms with E-state index in [0.29, 0.717) is 5.56 Å². The first kappa shape index (κ1) is 14.8. The fourth-order valence-electron chi connectivity index (χ4n) is 2.07. The molecule has 1 aliphatic rings. The zero-order chi connectivity index (χ0) is 15.1. The molecule has 20 heavy (non-hydrogen) atoms. The summed E-state index contributed by atoms with van der Waals surface area (Å²) < 4.78 is 17.7. The predicted octanol–water partition coefficient (Wildman–Crippen LogP) is 0.503. The highest BCUT2D eigenvalue weighted by atomic mass is 31.2.